The molecule has 2 aromatic rings. The number of benzene rings is 1. The third-order valence-corrected chi connectivity index (χ3v) is 6.54. The van der Waals surface area contributed by atoms with Crippen molar-refractivity contribution in [2.45, 2.75) is 24.8 Å². The van der Waals surface area contributed by atoms with Crippen LogP contribution < -0.4 is 10.9 Å². The molecule has 158 valence electrons. The Morgan fingerprint density at radius 3 is 2.63 bits per heavy atom. The Hall–Kier alpha value is -2.44. The number of pyridine rings is 1. The van der Waals surface area contributed by atoms with E-state index in [-0.39, 0.29) is 41.5 Å². The highest BCUT2D eigenvalue weighted by atomic mass is 35.5. The molecule has 0 radical (unpaired) electrons. The predicted octanol–water partition coefficient (Wildman–Crippen LogP) is 2.97. The van der Waals surface area contributed by atoms with E-state index >= 15 is 0 Å². The summed E-state index contributed by atoms with van der Waals surface area (Å²) in [7, 11) is 0. The van der Waals surface area contributed by atoms with E-state index in [4.69, 9.17) is 0 Å². The second kappa shape index (κ2) is 8.36. The van der Waals surface area contributed by atoms with Gasteiger partial charge in [0.25, 0.3) is 5.56 Å². The van der Waals surface area contributed by atoms with Crippen LogP contribution in [0.15, 0.2) is 53.3 Å². The van der Waals surface area contributed by atoms with Gasteiger partial charge in [-0.3, -0.25) is 14.2 Å². The van der Waals surface area contributed by atoms with Crippen LogP contribution in [0, 0.1) is 11.7 Å². The van der Waals surface area contributed by atoms with Gasteiger partial charge in [0.1, 0.15) is 11.9 Å². The number of rotatable bonds is 2. The Labute approximate surface area is 181 Å². The molecular formula is C23H25ClFN3O2. The molecular weight excluding hydrogens is 405 g/mol. The van der Waals surface area contributed by atoms with Crippen molar-refractivity contribution in [3.63, 3.8) is 0 Å². The third-order valence-electron chi connectivity index (χ3n) is 6.54. The molecule has 2 bridgehead atoms. The molecule has 5 nitrogen and oxygen atoms in total. The predicted molar refractivity (Wildman–Crippen MR) is 116 cm³/mol. The van der Waals surface area contributed by atoms with Crippen LogP contribution in [0.25, 0.3) is 5.57 Å². The Kier molecular flexibility index (Phi) is 5.80. The summed E-state index contributed by atoms with van der Waals surface area (Å²) in [6.07, 6.45) is 3.72. The molecule has 1 aromatic carbocycles. The van der Waals surface area contributed by atoms with Gasteiger partial charge in [0.2, 0.25) is 5.91 Å². The van der Waals surface area contributed by atoms with Crippen LogP contribution in [0.1, 0.15) is 36.1 Å². The van der Waals surface area contributed by atoms with Gasteiger partial charge in [0.15, 0.2) is 0 Å². The molecule has 3 aliphatic heterocycles. The first-order chi connectivity index (χ1) is 14.1. The van der Waals surface area contributed by atoms with Gasteiger partial charge in [-0.2, -0.15) is 0 Å². The number of piperidine rings is 1. The molecule has 1 aromatic heterocycles. The molecule has 3 atom stereocenters. The first-order valence-electron chi connectivity index (χ1n) is 10.3. The number of hydrogen-bond donors (Lipinski definition) is 1. The minimum absolute atomic E-state index is 0. The van der Waals surface area contributed by atoms with Gasteiger partial charge in [-0.25, -0.2) is 4.39 Å². The summed E-state index contributed by atoms with van der Waals surface area (Å²) in [5.41, 5.74) is 3.02. The number of carbonyl (C=O) groups excluding carboxylic acids is 1. The van der Waals surface area contributed by atoms with Crippen molar-refractivity contribution in [2.24, 2.45) is 5.92 Å². The lowest BCUT2D eigenvalue weighted by molar-refractivity contribution is -0.137. The minimum Gasteiger partial charge on any atom is -0.337 e. The van der Waals surface area contributed by atoms with Crippen LogP contribution in [0.4, 0.5) is 4.39 Å². The van der Waals surface area contributed by atoms with Gasteiger partial charge in [-0.05, 0) is 42.2 Å². The summed E-state index contributed by atoms with van der Waals surface area (Å²) >= 11 is 0. The van der Waals surface area contributed by atoms with Crippen molar-refractivity contribution in [3.05, 3.63) is 76.0 Å². The Bertz CT molecular complexity index is 1030. The van der Waals surface area contributed by atoms with E-state index in [1.54, 1.807) is 28.8 Å². The maximum absolute atomic E-state index is 13.5. The van der Waals surface area contributed by atoms with Gasteiger partial charge in [-0.15, -0.1) is 12.4 Å². The number of amides is 1. The van der Waals surface area contributed by atoms with Gasteiger partial charge in [0, 0.05) is 49.8 Å². The van der Waals surface area contributed by atoms with Gasteiger partial charge in [-0.1, -0.05) is 24.3 Å². The molecule has 1 amide bonds. The van der Waals surface area contributed by atoms with Gasteiger partial charge in [0.05, 0.1) is 0 Å². The highest BCUT2D eigenvalue weighted by Crippen LogP contribution is 2.39. The van der Waals surface area contributed by atoms with E-state index < -0.39 is 6.04 Å². The van der Waals surface area contributed by atoms with Crippen LogP contribution in [-0.2, 0) is 4.79 Å². The fraction of sp³-hybridized carbons (Fsp3) is 0.391. The molecule has 1 N–H and O–H groups in total. The average Bonchev–Trinajstić information content (AvgIpc) is 2.75. The van der Waals surface area contributed by atoms with Crippen molar-refractivity contribution in [3.8, 4) is 0 Å². The topological polar surface area (TPSA) is 54.3 Å². The quantitative estimate of drug-likeness (QED) is 0.798. The zero-order chi connectivity index (χ0) is 20.0. The summed E-state index contributed by atoms with van der Waals surface area (Å²) in [4.78, 5) is 28.1. The molecule has 5 rings (SSSR count). The number of hydrogen-bond acceptors (Lipinski definition) is 3. The van der Waals surface area contributed by atoms with Crippen molar-refractivity contribution >= 4 is 23.9 Å². The van der Waals surface area contributed by atoms with Crippen molar-refractivity contribution in [2.75, 3.05) is 26.2 Å². The number of fused-ring (bicyclic) bond motifs is 4. The summed E-state index contributed by atoms with van der Waals surface area (Å²) < 4.78 is 14.9. The first kappa shape index (κ1) is 20.8. The molecule has 0 aliphatic carbocycles. The standard InChI is InChI=1S/C23H24FN3O2.ClH/c24-19-6-4-15(5-7-19)16-8-10-26(11-9-16)23(29)22-18-12-17(13-25-14-18)20-2-1-3-21(28)27(20)22;/h1-8,17-18,22,25H,9-14H2;1H/t17-,18+,22-;/m1./s1. The van der Waals surface area contributed by atoms with E-state index in [2.05, 4.69) is 5.32 Å². The largest absolute Gasteiger partial charge is 0.337 e. The van der Waals surface area contributed by atoms with E-state index in [1.807, 2.05) is 17.0 Å². The smallest absolute Gasteiger partial charge is 0.251 e. The molecule has 0 saturated carbocycles. The third kappa shape index (κ3) is 3.59. The number of nitrogens with zero attached hydrogens (tertiary/aromatic N) is 2. The van der Waals surface area contributed by atoms with Crippen LogP contribution in [0.2, 0.25) is 0 Å². The van der Waals surface area contributed by atoms with Crippen molar-refractivity contribution in [1.82, 2.24) is 14.8 Å². The van der Waals surface area contributed by atoms with Gasteiger partial charge >= 0.3 is 0 Å². The molecule has 0 unspecified atom stereocenters. The molecule has 0 spiro atoms. The van der Waals surface area contributed by atoms with Crippen LogP contribution >= 0.6 is 12.4 Å². The van der Waals surface area contributed by atoms with Gasteiger partial charge < -0.3 is 10.2 Å². The summed E-state index contributed by atoms with van der Waals surface area (Å²) in [6.45, 7) is 2.74. The Morgan fingerprint density at radius 2 is 1.90 bits per heavy atom. The highest BCUT2D eigenvalue weighted by Gasteiger charge is 2.42. The molecule has 1 fully saturated rings. The SMILES string of the molecule is Cl.O=C([C@H]1[C@@H]2CNC[C@@H](C2)c2cccc(=O)n21)N1CC=C(c2ccc(F)cc2)CC1. The number of aromatic nitrogens is 1. The zero-order valence-electron chi connectivity index (χ0n) is 16.6. The average molecular weight is 430 g/mol. The van der Waals surface area contributed by atoms with Crippen LogP contribution in [0.3, 0.4) is 0 Å². The number of carbonyl (C=O) groups is 1. The second-order valence-electron chi connectivity index (χ2n) is 8.23. The summed E-state index contributed by atoms with van der Waals surface area (Å²) in [6, 6.07) is 11.4. The van der Waals surface area contributed by atoms with E-state index in [1.165, 1.54) is 12.1 Å². The monoisotopic (exact) mass is 429 g/mol. The molecule has 3 aliphatic rings. The molecule has 30 heavy (non-hydrogen) atoms. The zero-order valence-corrected chi connectivity index (χ0v) is 17.4. The lowest BCUT2D eigenvalue weighted by atomic mass is 9.78. The first-order valence-corrected chi connectivity index (χ1v) is 10.3. The Morgan fingerprint density at radius 1 is 1.10 bits per heavy atom. The lowest BCUT2D eigenvalue weighted by Crippen LogP contribution is -2.53. The maximum atomic E-state index is 13.5. The highest BCUT2D eigenvalue weighted by molar-refractivity contribution is 5.85. The number of nitrogens with one attached hydrogen (secondary N) is 1. The maximum Gasteiger partial charge on any atom is 0.251 e. The summed E-state index contributed by atoms with van der Waals surface area (Å²) in [5, 5.41) is 3.44. The van der Waals surface area contributed by atoms with Crippen LogP contribution in [0.5, 0.6) is 0 Å². The van der Waals surface area contributed by atoms with Crippen molar-refractivity contribution in [1.29, 1.82) is 0 Å². The van der Waals surface area contributed by atoms with E-state index in [9.17, 15) is 14.0 Å². The van der Waals surface area contributed by atoms with Crippen molar-refractivity contribution < 1.29 is 9.18 Å². The lowest BCUT2D eigenvalue weighted by Gasteiger charge is -2.44. The van der Waals surface area contributed by atoms with Crippen LogP contribution in [-0.4, -0.2) is 41.6 Å². The fourth-order valence-corrected chi connectivity index (χ4v) is 5.09. The minimum atomic E-state index is -0.441. The number of halogens is 2. The molecule has 7 heteroatoms. The van der Waals surface area contributed by atoms with E-state index in [0.717, 1.165) is 42.8 Å². The second-order valence-corrected chi connectivity index (χ2v) is 8.23. The fourth-order valence-electron chi connectivity index (χ4n) is 5.09. The molecule has 1 saturated heterocycles. The normalized spacial score (nSPS) is 25.0. The Balaban J connectivity index is 0.00000218. The van der Waals surface area contributed by atoms with E-state index in [0.29, 0.717) is 13.1 Å². The molecule has 4 heterocycles. The summed E-state index contributed by atoms with van der Waals surface area (Å²) in [5.74, 6) is 0.207.